The molecule has 1 atom stereocenters. The van der Waals surface area contributed by atoms with Gasteiger partial charge in [-0.2, -0.15) is 4.31 Å². The van der Waals surface area contributed by atoms with Crippen LogP contribution in [0.25, 0.3) is 0 Å². The Kier molecular flexibility index (Phi) is 8.60. The van der Waals surface area contributed by atoms with Gasteiger partial charge >= 0.3 is 5.97 Å². The van der Waals surface area contributed by atoms with Crippen molar-refractivity contribution < 1.29 is 22.7 Å². The Morgan fingerprint density at radius 1 is 1.24 bits per heavy atom. The predicted octanol–water partition coefficient (Wildman–Crippen LogP) is 1.93. The van der Waals surface area contributed by atoms with Crippen LogP contribution in [0.3, 0.4) is 0 Å². The van der Waals surface area contributed by atoms with Crippen molar-refractivity contribution >= 4 is 27.6 Å². The molecule has 1 fully saturated rings. The van der Waals surface area contributed by atoms with E-state index in [1.165, 1.54) is 16.4 Å². The molecule has 0 radical (unpaired) electrons. The van der Waals surface area contributed by atoms with E-state index in [0.717, 1.165) is 19.4 Å². The zero-order valence-electron chi connectivity index (χ0n) is 17.4. The van der Waals surface area contributed by atoms with E-state index in [-0.39, 0.29) is 29.2 Å². The Morgan fingerprint density at radius 2 is 1.97 bits per heavy atom. The third-order valence-corrected chi connectivity index (χ3v) is 7.00. The summed E-state index contributed by atoms with van der Waals surface area (Å²) >= 11 is 0. The van der Waals surface area contributed by atoms with E-state index in [9.17, 15) is 18.0 Å². The molecule has 1 N–H and O–H groups in total. The number of rotatable bonds is 9. The molecule has 1 saturated heterocycles. The zero-order chi connectivity index (χ0) is 21.4. The van der Waals surface area contributed by atoms with Crippen LogP contribution in [0.2, 0.25) is 0 Å². The molecule has 1 aliphatic heterocycles. The number of ether oxygens (including phenoxy) is 1. The van der Waals surface area contributed by atoms with E-state index >= 15 is 0 Å². The van der Waals surface area contributed by atoms with Crippen molar-refractivity contribution in [1.29, 1.82) is 0 Å². The Labute approximate surface area is 173 Å². The summed E-state index contributed by atoms with van der Waals surface area (Å²) in [7, 11) is -3.59. The fraction of sp³-hybridized carbons (Fsp3) is 0.600. The average Bonchev–Trinajstić information content (AvgIpc) is 2.69. The third kappa shape index (κ3) is 6.25. The fourth-order valence-electron chi connectivity index (χ4n) is 3.50. The number of sulfonamides is 1. The first-order valence-corrected chi connectivity index (χ1v) is 11.5. The number of anilines is 1. The molecule has 9 heteroatoms. The largest absolute Gasteiger partial charge is 0.466 e. The van der Waals surface area contributed by atoms with Crippen LogP contribution in [0.15, 0.2) is 29.2 Å². The second-order valence-electron chi connectivity index (χ2n) is 6.99. The Hall–Kier alpha value is -1.97. The summed E-state index contributed by atoms with van der Waals surface area (Å²) in [5, 5.41) is 2.77. The molecule has 0 aromatic heterocycles. The normalized spacial score (nSPS) is 17.9. The van der Waals surface area contributed by atoms with Crippen LogP contribution >= 0.6 is 0 Å². The molecule has 0 spiro atoms. The van der Waals surface area contributed by atoms with Gasteiger partial charge in [0, 0.05) is 25.3 Å². The van der Waals surface area contributed by atoms with Crippen molar-refractivity contribution in [2.24, 2.45) is 5.92 Å². The molecule has 1 aromatic carbocycles. The first-order valence-electron chi connectivity index (χ1n) is 10.1. The number of amides is 1. The minimum atomic E-state index is -3.59. The summed E-state index contributed by atoms with van der Waals surface area (Å²) in [6.45, 7) is 7.83. The molecular formula is C20H31N3O5S. The van der Waals surface area contributed by atoms with Gasteiger partial charge in [0.15, 0.2) is 0 Å². The lowest BCUT2D eigenvalue weighted by molar-refractivity contribution is -0.150. The maximum Gasteiger partial charge on any atom is 0.310 e. The van der Waals surface area contributed by atoms with E-state index in [1.54, 1.807) is 32.9 Å². The van der Waals surface area contributed by atoms with Gasteiger partial charge in [0.25, 0.3) is 0 Å². The maximum atomic E-state index is 12.7. The monoisotopic (exact) mass is 425 g/mol. The topological polar surface area (TPSA) is 96.0 Å². The van der Waals surface area contributed by atoms with Gasteiger partial charge in [0.2, 0.25) is 15.9 Å². The molecule has 1 aromatic rings. The van der Waals surface area contributed by atoms with Crippen LogP contribution in [0.4, 0.5) is 5.69 Å². The van der Waals surface area contributed by atoms with Crippen molar-refractivity contribution in [2.75, 3.05) is 44.6 Å². The quantitative estimate of drug-likeness (QED) is 0.608. The Morgan fingerprint density at radius 3 is 2.62 bits per heavy atom. The minimum absolute atomic E-state index is 0.142. The van der Waals surface area contributed by atoms with Crippen LogP contribution in [-0.2, 0) is 24.3 Å². The third-order valence-electron chi connectivity index (χ3n) is 4.95. The predicted molar refractivity (Wildman–Crippen MR) is 111 cm³/mol. The molecule has 2 rings (SSSR count). The van der Waals surface area contributed by atoms with E-state index < -0.39 is 10.0 Å². The Bertz CT molecular complexity index is 808. The van der Waals surface area contributed by atoms with E-state index in [2.05, 4.69) is 5.32 Å². The first kappa shape index (κ1) is 23.3. The molecule has 0 saturated carbocycles. The maximum absolute atomic E-state index is 12.7. The summed E-state index contributed by atoms with van der Waals surface area (Å²) in [4.78, 5) is 26.5. The number of nitrogens with zero attached hydrogens (tertiary/aromatic N) is 2. The Balaban J connectivity index is 2.00. The minimum Gasteiger partial charge on any atom is -0.466 e. The molecule has 1 heterocycles. The highest BCUT2D eigenvalue weighted by Gasteiger charge is 2.28. The standard InChI is InChI=1S/C20H31N3O5S/c1-4-23(5-2)29(26,27)18-11-7-10-17(13-18)21-19(24)15-22-12-8-9-16(14-22)20(25)28-6-3/h7,10-11,13,16H,4-6,8-9,12,14-15H2,1-3H3,(H,21,24). The smallest absolute Gasteiger partial charge is 0.310 e. The van der Waals surface area contributed by atoms with Crippen LogP contribution in [0.1, 0.15) is 33.6 Å². The van der Waals surface area contributed by atoms with Crippen molar-refractivity contribution in [3.05, 3.63) is 24.3 Å². The number of hydrogen-bond donors (Lipinski definition) is 1. The highest BCUT2D eigenvalue weighted by Crippen LogP contribution is 2.20. The highest BCUT2D eigenvalue weighted by atomic mass is 32.2. The second-order valence-corrected chi connectivity index (χ2v) is 8.93. The van der Waals surface area contributed by atoms with Gasteiger partial charge in [-0.05, 0) is 44.5 Å². The number of likely N-dealkylation sites (tertiary alicyclic amines) is 1. The van der Waals surface area contributed by atoms with Crippen LogP contribution in [-0.4, -0.2) is 68.8 Å². The van der Waals surface area contributed by atoms with E-state index in [0.29, 0.717) is 31.9 Å². The molecule has 162 valence electrons. The number of nitrogens with one attached hydrogen (secondary N) is 1. The van der Waals surface area contributed by atoms with Crippen molar-refractivity contribution in [3.63, 3.8) is 0 Å². The molecule has 29 heavy (non-hydrogen) atoms. The lowest BCUT2D eigenvalue weighted by Crippen LogP contribution is -2.43. The molecule has 1 amide bonds. The van der Waals surface area contributed by atoms with Crippen molar-refractivity contribution in [3.8, 4) is 0 Å². The first-order chi connectivity index (χ1) is 13.8. The summed E-state index contributed by atoms with van der Waals surface area (Å²) in [6.07, 6.45) is 1.59. The number of carbonyl (C=O) groups excluding carboxylic acids is 2. The summed E-state index contributed by atoms with van der Waals surface area (Å²) in [5.74, 6) is -0.669. The van der Waals surface area contributed by atoms with Gasteiger partial charge < -0.3 is 10.1 Å². The van der Waals surface area contributed by atoms with Crippen LogP contribution < -0.4 is 5.32 Å². The summed E-state index contributed by atoms with van der Waals surface area (Å²) in [6, 6.07) is 6.28. The lowest BCUT2D eigenvalue weighted by atomic mass is 9.98. The van der Waals surface area contributed by atoms with Gasteiger partial charge in [-0.1, -0.05) is 19.9 Å². The van der Waals surface area contributed by atoms with Gasteiger partial charge in [-0.3, -0.25) is 14.5 Å². The van der Waals surface area contributed by atoms with Crippen LogP contribution in [0.5, 0.6) is 0 Å². The fourth-order valence-corrected chi connectivity index (χ4v) is 5.01. The number of piperidine rings is 1. The number of hydrogen-bond acceptors (Lipinski definition) is 6. The van der Waals surface area contributed by atoms with Crippen molar-refractivity contribution in [2.45, 2.75) is 38.5 Å². The molecular weight excluding hydrogens is 394 g/mol. The molecule has 0 bridgehead atoms. The van der Waals surface area contributed by atoms with E-state index in [4.69, 9.17) is 4.74 Å². The molecule has 1 aliphatic rings. The average molecular weight is 426 g/mol. The summed E-state index contributed by atoms with van der Waals surface area (Å²) < 4.78 is 31.8. The number of esters is 1. The lowest BCUT2D eigenvalue weighted by Gasteiger charge is -2.30. The van der Waals surface area contributed by atoms with Gasteiger partial charge in [-0.15, -0.1) is 0 Å². The van der Waals surface area contributed by atoms with Gasteiger partial charge in [0.05, 0.1) is 24.0 Å². The zero-order valence-corrected chi connectivity index (χ0v) is 18.2. The van der Waals surface area contributed by atoms with Gasteiger partial charge in [0.1, 0.15) is 0 Å². The summed E-state index contributed by atoms with van der Waals surface area (Å²) in [5.41, 5.74) is 0.433. The van der Waals surface area contributed by atoms with Crippen molar-refractivity contribution in [1.82, 2.24) is 9.21 Å². The molecule has 8 nitrogen and oxygen atoms in total. The molecule has 1 unspecified atom stereocenters. The van der Waals surface area contributed by atoms with E-state index in [1.807, 2.05) is 4.90 Å². The number of benzene rings is 1. The van der Waals surface area contributed by atoms with Gasteiger partial charge in [-0.25, -0.2) is 8.42 Å². The molecule has 0 aliphatic carbocycles. The SMILES string of the molecule is CCOC(=O)C1CCCN(CC(=O)Nc2cccc(S(=O)(=O)N(CC)CC)c2)C1. The number of carbonyl (C=O) groups is 2. The van der Waals surface area contributed by atoms with Crippen LogP contribution in [0, 0.1) is 5.92 Å². The second kappa shape index (κ2) is 10.7. The highest BCUT2D eigenvalue weighted by molar-refractivity contribution is 7.89.